The van der Waals surface area contributed by atoms with Crippen molar-refractivity contribution in [2.24, 2.45) is 10.1 Å². The molecule has 0 spiro atoms. The molecule has 0 radical (unpaired) electrons. The molecule has 2 aromatic rings. The van der Waals surface area contributed by atoms with Gasteiger partial charge in [-0.25, -0.2) is 0 Å². The van der Waals surface area contributed by atoms with Gasteiger partial charge >= 0.3 is 0 Å². The second-order valence-electron chi connectivity index (χ2n) is 9.28. The molecule has 0 fully saturated rings. The van der Waals surface area contributed by atoms with E-state index in [1.807, 2.05) is 44.2 Å². The van der Waals surface area contributed by atoms with Crippen molar-refractivity contribution in [2.75, 3.05) is 19.8 Å². The summed E-state index contributed by atoms with van der Waals surface area (Å²) in [6.07, 6.45) is 8.36. The van der Waals surface area contributed by atoms with Crippen LogP contribution in [0.4, 0.5) is 0 Å². The number of benzene rings is 2. The predicted molar refractivity (Wildman–Crippen MR) is 158 cm³/mol. The van der Waals surface area contributed by atoms with Crippen molar-refractivity contribution in [1.82, 2.24) is 5.01 Å². The Balaban J connectivity index is 1.40. The first-order valence-corrected chi connectivity index (χ1v) is 14.4. The molecule has 8 nitrogen and oxygen atoms in total. The third kappa shape index (κ3) is 7.50. The molecule has 0 saturated heterocycles. The van der Waals surface area contributed by atoms with Crippen molar-refractivity contribution >= 4 is 39.8 Å². The molecule has 206 valence electrons. The van der Waals surface area contributed by atoms with Gasteiger partial charge in [0.2, 0.25) is 5.17 Å². The zero-order chi connectivity index (χ0) is 27.6. The maximum atomic E-state index is 12.8. The fraction of sp³-hybridized carbons (Fsp3) is 0.400. The lowest BCUT2D eigenvalue weighted by Crippen LogP contribution is -2.35. The third-order valence-corrected chi connectivity index (χ3v) is 7.23. The Morgan fingerprint density at radius 3 is 2.49 bits per heavy atom. The molecule has 0 unspecified atom stereocenters. The van der Waals surface area contributed by atoms with Gasteiger partial charge in [-0.2, -0.15) is 15.1 Å². The van der Waals surface area contributed by atoms with Crippen LogP contribution in [0, 0.1) is 12.3 Å². The van der Waals surface area contributed by atoms with Gasteiger partial charge in [-0.15, -0.1) is 0 Å². The van der Waals surface area contributed by atoms with E-state index >= 15 is 0 Å². The minimum absolute atomic E-state index is 0.0325. The molecule has 2 heterocycles. The first-order valence-electron chi connectivity index (χ1n) is 13.6. The number of carbonyl (C=O) groups is 1. The van der Waals surface area contributed by atoms with Gasteiger partial charge in [-0.1, -0.05) is 56.9 Å². The number of hydrogen-bond acceptors (Lipinski definition) is 7. The zero-order valence-electron chi connectivity index (χ0n) is 22.9. The SMILES string of the molecule is CCCCCCCC1=NN2C(=N)/C(=C/c3ccc(OCCOc4ccccc4C)c(OCC)c3)C(=O)N=C2S1. The summed E-state index contributed by atoms with van der Waals surface area (Å²) >= 11 is 1.38. The van der Waals surface area contributed by atoms with E-state index in [4.69, 9.17) is 19.6 Å². The lowest BCUT2D eigenvalue weighted by molar-refractivity contribution is -0.114. The molecule has 1 N–H and O–H groups in total. The lowest BCUT2D eigenvalue weighted by atomic mass is 10.1. The summed E-state index contributed by atoms with van der Waals surface area (Å²) in [5.74, 6) is 1.57. The number of ether oxygens (including phenoxy) is 3. The number of hydrogen-bond donors (Lipinski definition) is 1. The van der Waals surface area contributed by atoms with Crippen LogP contribution in [0.3, 0.4) is 0 Å². The Hall–Kier alpha value is -3.59. The van der Waals surface area contributed by atoms with Crippen LogP contribution in [0.15, 0.2) is 58.1 Å². The minimum Gasteiger partial charge on any atom is -0.490 e. The summed E-state index contributed by atoms with van der Waals surface area (Å²) in [4.78, 5) is 17.0. The van der Waals surface area contributed by atoms with Crippen LogP contribution < -0.4 is 14.2 Å². The normalized spacial score (nSPS) is 15.8. The molecule has 2 aliphatic heterocycles. The molecule has 0 saturated carbocycles. The fourth-order valence-corrected chi connectivity index (χ4v) is 5.13. The lowest BCUT2D eigenvalue weighted by Gasteiger charge is -2.20. The van der Waals surface area contributed by atoms with E-state index in [1.54, 1.807) is 18.2 Å². The number of nitrogens with zero attached hydrogens (tertiary/aromatic N) is 3. The molecule has 0 aliphatic carbocycles. The molecule has 0 aromatic heterocycles. The first-order chi connectivity index (χ1) is 19.0. The number of amides is 1. The molecule has 4 rings (SSSR count). The number of hydrazone groups is 1. The average Bonchev–Trinajstić information content (AvgIpc) is 3.33. The van der Waals surface area contributed by atoms with Crippen molar-refractivity contribution < 1.29 is 19.0 Å². The monoisotopic (exact) mass is 548 g/mol. The number of para-hydroxylation sites is 1. The third-order valence-electron chi connectivity index (χ3n) is 6.26. The van der Waals surface area contributed by atoms with Crippen LogP contribution in [-0.4, -0.2) is 46.8 Å². The van der Waals surface area contributed by atoms with Crippen molar-refractivity contribution in [3.8, 4) is 17.2 Å². The van der Waals surface area contributed by atoms with E-state index in [0.29, 0.717) is 42.1 Å². The number of nitrogens with one attached hydrogen (secondary N) is 1. The first kappa shape index (κ1) is 28.4. The van der Waals surface area contributed by atoms with Gasteiger partial charge in [-0.3, -0.25) is 10.2 Å². The van der Waals surface area contributed by atoms with Crippen molar-refractivity contribution in [2.45, 2.75) is 59.3 Å². The number of carbonyl (C=O) groups excluding carboxylic acids is 1. The summed E-state index contributed by atoms with van der Waals surface area (Å²) in [5.41, 5.74) is 1.97. The van der Waals surface area contributed by atoms with Gasteiger partial charge < -0.3 is 14.2 Å². The number of thioether (sulfide) groups is 1. The van der Waals surface area contributed by atoms with E-state index < -0.39 is 5.91 Å². The standard InChI is InChI=1S/C30H36N4O4S/c1-4-6-7-8-9-14-27-33-34-28(31)23(29(35)32-30(34)39-27)19-22-15-16-25(26(20-22)36-5-2)38-18-17-37-24-13-11-10-12-21(24)3/h10-13,15-16,19-20,31H,4-9,14,17-18H2,1-3H3/b23-19-,31-28?. The molecule has 39 heavy (non-hydrogen) atoms. The number of aryl methyl sites for hydroxylation is 1. The second kappa shape index (κ2) is 14.0. The summed E-state index contributed by atoms with van der Waals surface area (Å²) in [7, 11) is 0. The maximum absolute atomic E-state index is 12.8. The molecule has 0 atom stereocenters. The molecule has 1 amide bonds. The molecule has 2 aromatic carbocycles. The summed E-state index contributed by atoms with van der Waals surface area (Å²) < 4.78 is 17.6. The Morgan fingerprint density at radius 2 is 1.72 bits per heavy atom. The van der Waals surface area contributed by atoms with E-state index in [0.717, 1.165) is 35.6 Å². The van der Waals surface area contributed by atoms with Gasteiger partial charge in [0.05, 0.1) is 12.2 Å². The summed E-state index contributed by atoms with van der Waals surface area (Å²) in [6, 6.07) is 13.3. The van der Waals surface area contributed by atoms with Gasteiger partial charge in [0, 0.05) is 0 Å². The van der Waals surface area contributed by atoms with Crippen LogP contribution in [0.5, 0.6) is 17.2 Å². The number of fused-ring (bicyclic) bond motifs is 1. The fourth-order valence-electron chi connectivity index (χ4n) is 4.20. The molecule has 0 bridgehead atoms. The van der Waals surface area contributed by atoms with Gasteiger partial charge in [0.25, 0.3) is 5.91 Å². The predicted octanol–water partition coefficient (Wildman–Crippen LogP) is 6.83. The Kier molecular flexibility index (Phi) is 10.2. The number of aliphatic imine (C=N–C) groups is 1. The zero-order valence-corrected chi connectivity index (χ0v) is 23.7. The largest absolute Gasteiger partial charge is 0.490 e. The summed E-state index contributed by atoms with van der Waals surface area (Å²) in [6.45, 7) is 7.30. The molecule has 9 heteroatoms. The van der Waals surface area contributed by atoms with Crippen LogP contribution in [-0.2, 0) is 4.79 Å². The van der Waals surface area contributed by atoms with E-state index in [-0.39, 0.29) is 11.4 Å². The smallest absolute Gasteiger partial charge is 0.283 e. The number of unbranched alkanes of at least 4 members (excludes halogenated alkanes) is 4. The van der Waals surface area contributed by atoms with Crippen LogP contribution in [0.25, 0.3) is 6.08 Å². The van der Waals surface area contributed by atoms with Crippen molar-refractivity contribution in [3.63, 3.8) is 0 Å². The van der Waals surface area contributed by atoms with Crippen LogP contribution in [0.1, 0.15) is 63.5 Å². The summed E-state index contributed by atoms with van der Waals surface area (Å²) in [5, 5.41) is 16.0. The quantitative estimate of drug-likeness (QED) is 0.205. The number of rotatable bonds is 14. The number of amidine groups is 2. The van der Waals surface area contributed by atoms with Gasteiger partial charge in [0.1, 0.15) is 24.0 Å². The highest BCUT2D eigenvalue weighted by Crippen LogP contribution is 2.32. The van der Waals surface area contributed by atoms with Gasteiger partial charge in [-0.05, 0) is 73.9 Å². The Labute approximate surface area is 234 Å². The topological polar surface area (TPSA) is 96.6 Å². The Bertz CT molecular complexity index is 1290. The maximum Gasteiger partial charge on any atom is 0.283 e. The molecular weight excluding hydrogens is 512 g/mol. The van der Waals surface area contributed by atoms with E-state index in [9.17, 15) is 4.79 Å². The van der Waals surface area contributed by atoms with Crippen molar-refractivity contribution in [3.05, 3.63) is 59.2 Å². The second-order valence-corrected chi connectivity index (χ2v) is 10.3. The highest BCUT2D eigenvalue weighted by molar-refractivity contribution is 8.26. The van der Waals surface area contributed by atoms with Crippen LogP contribution >= 0.6 is 11.8 Å². The Morgan fingerprint density at radius 1 is 0.949 bits per heavy atom. The highest BCUT2D eigenvalue weighted by Gasteiger charge is 2.35. The molecule has 2 aliphatic rings. The molecular formula is C30H36N4O4S. The van der Waals surface area contributed by atoms with Gasteiger partial charge in [0.15, 0.2) is 17.3 Å². The average molecular weight is 549 g/mol. The van der Waals surface area contributed by atoms with E-state index in [1.165, 1.54) is 36.0 Å². The minimum atomic E-state index is -0.440. The van der Waals surface area contributed by atoms with E-state index in [2.05, 4.69) is 17.0 Å². The van der Waals surface area contributed by atoms with Crippen LogP contribution in [0.2, 0.25) is 0 Å². The highest BCUT2D eigenvalue weighted by atomic mass is 32.2. The van der Waals surface area contributed by atoms with Crippen molar-refractivity contribution in [1.29, 1.82) is 5.41 Å².